The summed E-state index contributed by atoms with van der Waals surface area (Å²) in [5.41, 5.74) is 8.12. The molecule has 15 heavy (non-hydrogen) atoms. The van der Waals surface area contributed by atoms with Gasteiger partial charge in [-0.15, -0.1) is 0 Å². The number of carbonyl (C=O) groups is 2. The highest BCUT2D eigenvalue weighted by atomic mass is 16.2. The average molecular weight is 204 g/mol. The Morgan fingerprint density at radius 3 is 2.93 bits per heavy atom. The zero-order valence-electron chi connectivity index (χ0n) is 8.27. The number of carbonyl (C=O) groups excluding carboxylic acids is 2. The van der Waals surface area contributed by atoms with Crippen molar-refractivity contribution in [3.05, 3.63) is 23.8 Å². The Bertz CT molecular complexity index is 415. The minimum absolute atomic E-state index is 0.0137. The van der Waals surface area contributed by atoms with Gasteiger partial charge in [-0.1, -0.05) is 6.07 Å². The second-order valence-electron chi connectivity index (χ2n) is 3.56. The first-order valence-electron chi connectivity index (χ1n) is 4.85. The molecular formula is C11H12N2O2. The van der Waals surface area contributed by atoms with E-state index in [0.29, 0.717) is 12.1 Å². The van der Waals surface area contributed by atoms with Gasteiger partial charge in [-0.3, -0.25) is 4.79 Å². The van der Waals surface area contributed by atoms with Gasteiger partial charge in [-0.25, -0.2) is 0 Å². The number of hydrogen-bond donors (Lipinski definition) is 1. The Labute approximate surface area is 87.7 Å². The smallest absolute Gasteiger partial charge is 0.227 e. The topological polar surface area (TPSA) is 63.4 Å². The fourth-order valence-corrected chi connectivity index (χ4v) is 1.83. The van der Waals surface area contributed by atoms with Crippen LogP contribution < -0.4 is 10.6 Å². The number of hydrogen-bond acceptors (Lipinski definition) is 3. The number of aryl methyl sites for hydroxylation is 1. The third-order valence-corrected chi connectivity index (χ3v) is 2.57. The van der Waals surface area contributed by atoms with Gasteiger partial charge < -0.3 is 15.4 Å². The Balaban J connectivity index is 2.45. The summed E-state index contributed by atoms with van der Waals surface area (Å²) in [5.74, 6) is -0.0137. The molecule has 0 saturated carbocycles. The predicted molar refractivity (Wildman–Crippen MR) is 57.6 cm³/mol. The summed E-state index contributed by atoms with van der Waals surface area (Å²) in [6.45, 7) is 0.106. The molecule has 0 spiro atoms. The van der Waals surface area contributed by atoms with Crippen molar-refractivity contribution < 1.29 is 9.59 Å². The number of aldehydes is 1. The van der Waals surface area contributed by atoms with E-state index in [2.05, 4.69) is 0 Å². The summed E-state index contributed by atoms with van der Waals surface area (Å²) in [5, 5.41) is 0. The number of nitrogens with zero attached hydrogens (tertiary/aromatic N) is 1. The van der Waals surface area contributed by atoms with Crippen molar-refractivity contribution in [2.75, 3.05) is 17.2 Å². The number of anilines is 2. The van der Waals surface area contributed by atoms with Crippen molar-refractivity contribution >= 4 is 23.6 Å². The summed E-state index contributed by atoms with van der Waals surface area (Å²) < 4.78 is 0. The summed E-state index contributed by atoms with van der Waals surface area (Å²) in [6, 6.07) is 5.47. The number of nitrogen functional groups attached to an aromatic ring is 1. The fourth-order valence-electron chi connectivity index (χ4n) is 1.83. The molecule has 0 aromatic heterocycles. The van der Waals surface area contributed by atoms with Gasteiger partial charge in [-0.2, -0.15) is 0 Å². The molecule has 0 radical (unpaired) electrons. The molecule has 0 atom stereocenters. The molecule has 1 heterocycles. The predicted octanol–water partition coefficient (Wildman–Crippen LogP) is 0.747. The monoisotopic (exact) mass is 204 g/mol. The maximum atomic E-state index is 11.6. The van der Waals surface area contributed by atoms with E-state index in [4.69, 9.17) is 5.73 Å². The molecule has 4 nitrogen and oxygen atoms in total. The maximum Gasteiger partial charge on any atom is 0.227 e. The van der Waals surface area contributed by atoms with Crippen molar-refractivity contribution in [3.8, 4) is 0 Å². The van der Waals surface area contributed by atoms with Crippen LogP contribution in [0.25, 0.3) is 0 Å². The molecule has 2 N–H and O–H groups in total. The van der Waals surface area contributed by atoms with Gasteiger partial charge in [0.05, 0.1) is 6.54 Å². The number of amides is 1. The van der Waals surface area contributed by atoms with Gasteiger partial charge in [0.1, 0.15) is 6.29 Å². The third-order valence-electron chi connectivity index (χ3n) is 2.57. The molecular weight excluding hydrogens is 192 g/mol. The van der Waals surface area contributed by atoms with Crippen LogP contribution in [0.4, 0.5) is 11.4 Å². The Morgan fingerprint density at radius 2 is 2.20 bits per heavy atom. The molecule has 1 aliphatic rings. The van der Waals surface area contributed by atoms with Gasteiger partial charge >= 0.3 is 0 Å². The second kappa shape index (κ2) is 3.73. The fraction of sp³-hybridized carbons (Fsp3) is 0.273. The van der Waals surface area contributed by atoms with Gasteiger partial charge in [0.15, 0.2) is 0 Å². The molecule has 0 aliphatic carbocycles. The lowest BCUT2D eigenvalue weighted by atomic mass is 10.0. The first kappa shape index (κ1) is 9.71. The van der Waals surface area contributed by atoms with E-state index in [1.807, 2.05) is 12.1 Å². The van der Waals surface area contributed by atoms with E-state index in [1.54, 1.807) is 6.07 Å². The van der Waals surface area contributed by atoms with Crippen LogP contribution in [0, 0.1) is 0 Å². The lowest BCUT2D eigenvalue weighted by Gasteiger charge is -2.27. The van der Waals surface area contributed by atoms with Gasteiger partial charge in [-0.05, 0) is 24.1 Å². The maximum absolute atomic E-state index is 11.6. The second-order valence-corrected chi connectivity index (χ2v) is 3.56. The first-order valence-corrected chi connectivity index (χ1v) is 4.85. The Hall–Kier alpha value is -1.84. The van der Waals surface area contributed by atoms with E-state index < -0.39 is 0 Å². The van der Waals surface area contributed by atoms with Crippen molar-refractivity contribution in [1.29, 1.82) is 0 Å². The van der Waals surface area contributed by atoms with Crippen LogP contribution in [0.5, 0.6) is 0 Å². The Kier molecular flexibility index (Phi) is 2.41. The molecule has 1 aromatic rings. The van der Waals surface area contributed by atoms with Crippen LogP contribution in [0.3, 0.4) is 0 Å². The van der Waals surface area contributed by atoms with E-state index >= 15 is 0 Å². The van der Waals surface area contributed by atoms with Crippen LogP contribution in [0.15, 0.2) is 18.2 Å². The van der Waals surface area contributed by atoms with E-state index in [9.17, 15) is 9.59 Å². The highest BCUT2D eigenvalue weighted by Gasteiger charge is 2.23. The molecule has 4 heteroatoms. The molecule has 1 amide bonds. The van der Waals surface area contributed by atoms with Gasteiger partial charge in [0.25, 0.3) is 0 Å². The number of rotatable bonds is 2. The van der Waals surface area contributed by atoms with E-state index in [-0.39, 0.29) is 12.5 Å². The van der Waals surface area contributed by atoms with Crippen LogP contribution in [-0.4, -0.2) is 18.7 Å². The quantitative estimate of drug-likeness (QED) is 0.571. The summed E-state index contributed by atoms with van der Waals surface area (Å²) in [6.07, 6.45) is 1.92. The largest absolute Gasteiger partial charge is 0.399 e. The first-order chi connectivity index (χ1) is 7.22. The number of nitrogens with two attached hydrogens (primary N) is 1. The third kappa shape index (κ3) is 1.70. The van der Waals surface area contributed by atoms with Crippen LogP contribution in [0.1, 0.15) is 12.0 Å². The van der Waals surface area contributed by atoms with E-state index in [0.717, 1.165) is 24.0 Å². The minimum Gasteiger partial charge on any atom is -0.399 e. The zero-order valence-corrected chi connectivity index (χ0v) is 8.27. The van der Waals surface area contributed by atoms with Crippen LogP contribution >= 0.6 is 0 Å². The summed E-state index contributed by atoms with van der Waals surface area (Å²) in [4.78, 5) is 23.6. The SMILES string of the molecule is Nc1ccc2c(c1)N(CC=O)C(=O)CC2. The molecule has 0 unspecified atom stereocenters. The standard InChI is InChI=1S/C11H12N2O2/c12-9-3-1-8-2-4-11(15)13(5-6-14)10(8)7-9/h1,3,6-7H,2,4-5,12H2. The van der Waals surface area contributed by atoms with E-state index in [1.165, 1.54) is 4.90 Å². The minimum atomic E-state index is -0.0137. The lowest BCUT2D eigenvalue weighted by Crippen LogP contribution is -2.36. The highest BCUT2D eigenvalue weighted by molar-refractivity contribution is 5.99. The van der Waals surface area contributed by atoms with Crippen molar-refractivity contribution in [3.63, 3.8) is 0 Å². The summed E-state index contributed by atoms with van der Waals surface area (Å²) in [7, 11) is 0. The lowest BCUT2D eigenvalue weighted by molar-refractivity contribution is -0.120. The molecule has 1 aromatic carbocycles. The average Bonchev–Trinajstić information content (AvgIpc) is 2.23. The van der Waals surface area contributed by atoms with Crippen molar-refractivity contribution in [1.82, 2.24) is 0 Å². The molecule has 0 fully saturated rings. The van der Waals surface area contributed by atoms with Crippen LogP contribution in [-0.2, 0) is 16.0 Å². The molecule has 2 rings (SSSR count). The molecule has 78 valence electrons. The van der Waals surface area contributed by atoms with Gasteiger partial charge in [0, 0.05) is 17.8 Å². The summed E-state index contributed by atoms with van der Waals surface area (Å²) >= 11 is 0. The normalized spacial score (nSPS) is 14.9. The molecule has 0 bridgehead atoms. The van der Waals surface area contributed by atoms with Crippen molar-refractivity contribution in [2.45, 2.75) is 12.8 Å². The highest BCUT2D eigenvalue weighted by Crippen LogP contribution is 2.29. The molecule has 1 aliphatic heterocycles. The van der Waals surface area contributed by atoms with Gasteiger partial charge in [0.2, 0.25) is 5.91 Å². The Morgan fingerprint density at radius 1 is 1.40 bits per heavy atom. The van der Waals surface area contributed by atoms with Crippen molar-refractivity contribution in [2.24, 2.45) is 0 Å². The van der Waals surface area contributed by atoms with Crippen LogP contribution in [0.2, 0.25) is 0 Å². The molecule has 0 saturated heterocycles. The number of fused-ring (bicyclic) bond motifs is 1. The number of benzene rings is 1. The zero-order chi connectivity index (χ0) is 10.8.